The van der Waals surface area contributed by atoms with Crippen molar-refractivity contribution in [2.45, 2.75) is 84.5 Å². The Morgan fingerprint density at radius 3 is 0.827 bits per heavy atom. The molecule has 0 aliphatic rings. The molecule has 7 unspecified atom stereocenters. The van der Waals surface area contributed by atoms with Crippen LogP contribution in [-0.4, -0.2) is 145 Å². The second-order valence-electron chi connectivity index (χ2n) is 30.9. The SMILES string of the molecule is CC(C)C(COP(C)(=O)Oc1ccc([N+](=O)[O-])cc1)Nc1ccc([N+](=O)[O-])c2nonc12.CCCCCCP(=O)(OC[C@H](Nc1ccc([N+](=O)[O-])c2nonc12)C(C)C)Oc1ccc([N+](=O)[O-])cc1.CP(=O)(OCC(Nc1ccc([N+](=O)[O-])c2nonc12)c1ccccc1)Oc1ccc([N+](=O)[O-])cc1.CP(=O)(OCC(Nc1ccc([N+](=O)[O-])c2nonc12)c1ccccc1)Oc1ccc([N+](=O)[O-])cc1. The van der Waals surface area contributed by atoms with E-state index in [1.165, 1.54) is 166 Å². The molecule has 52 nitrogen and oxygen atoms in total. The van der Waals surface area contributed by atoms with Crippen molar-refractivity contribution in [1.82, 2.24) is 41.3 Å². The fraction of sp³-hybridized carbons (Fsp3) is 0.277. The van der Waals surface area contributed by atoms with Crippen LogP contribution in [0.25, 0.3) is 44.1 Å². The topological polar surface area (TPSA) is 691 Å². The van der Waals surface area contributed by atoms with E-state index >= 15 is 0 Å². The number of hydrogen-bond acceptors (Lipinski definition) is 44. The third kappa shape index (κ3) is 28.9. The van der Waals surface area contributed by atoms with Gasteiger partial charge in [-0.15, -0.1) is 0 Å². The highest BCUT2D eigenvalue weighted by Crippen LogP contribution is 2.52. The molecule has 0 radical (unpaired) electrons. The summed E-state index contributed by atoms with van der Waals surface area (Å²) in [6, 6.07) is 48.1. The molecular weight excluding hydrogens is 1910 g/mol. The van der Waals surface area contributed by atoms with Crippen LogP contribution in [0, 0.1) is 92.8 Å². The largest absolute Gasteiger partial charge is 0.425 e. The van der Waals surface area contributed by atoms with Crippen molar-refractivity contribution in [1.29, 1.82) is 0 Å². The molecule has 139 heavy (non-hydrogen) atoms. The van der Waals surface area contributed by atoms with E-state index in [9.17, 15) is 99.2 Å². The predicted molar refractivity (Wildman–Crippen MR) is 500 cm³/mol. The van der Waals surface area contributed by atoms with Gasteiger partial charge in [-0.2, -0.15) is 0 Å². The number of aromatic nitrogens is 8. The molecule has 4 N–H and O–H groups in total. The quantitative estimate of drug-likeness (QED) is 0.0119. The van der Waals surface area contributed by atoms with Gasteiger partial charge in [0, 0.05) is 92.8 Å². The minimum absolute atomic E-state index is 0.000484. The van der Waals surface area contributed by atoms with Gasteiger partial charge in [0.2, 0.25) is 22.1 Å². The molecule has 8 atom stereocenters. The molecule has 0 aliphatic heterocycles. The first kappa shape index (κ1) is 104. The highest BCUT2D eigenvalue weighted by molar-refractivity contribution is 7.54. The number of hydrogen-bond donors (Lipinski definition) is 4. The summed E-state index contributed by atoms with van der Waals surface area (Å²) in [5, 5.41) is 131. The van der Waals surface area contributed by atoms with Gasteiger partial charge in [-0.1, -0.05) is 115 Å². The van der Waals surface area contributed by atoms with Crippen molar-refractivity contribution in [3.05, 3.63) is 298 Å². The lowest BCUT2D eigenvalue weighted by atomic mass is 10.0. The minimum Gasteiger partial charge on any atom is -0.425 e. The molecular formula is C83H86N20O32P4. The summed E-state index contributed by atoms with van der Waals surface area (Å²) in [5.74, 6) is 0.677. The average molecular weight is 2000 g/mol. The minimum atomic E-state index is -3.64. The molecule has 0 aliphatic carbocycles. The van der Waals surface area contributed by atoms with Crippen molar-refractivity contribution in [2.75, 3.05) is 73.9 Å². The van der Waals surface area contributed by atoms with E-state index in [1.807, 2.05) is 88.4 Å². The van der Waals surface area contributed by atoms with Crippen molar-refractivity contribution in [3.8, 4) is 23.0 Å². The number of nitro groups is 8. The summed E-state index contributed by atoms with van der Waals surface area (Å²) in [6.07, 6.45) is 3.67. The number of fused-ring (bicyclic) bond motifs is 4. The van der Waals surface area contributed by atoms with Crippen LogP contribution in [0.3, 0.4) is 0 Å². The molecule has 4 heterocycles. The van der Waals surface area contributed by atoms with Crippen molar-refractivity contribution in [2.24, 2.45) is 11.8 Å². The van der Waals surface area contributed by atoms with E-state index in [4.69, 9.17) is 50.1 Å². The molecule has 56 heteroatoms. The van der Waals surface area contributed by atoms with E-state index in [-0.39, 0.29) is 169 Å². The average Bonchev–Trinajstić information content (AvgIpc) is 0.921. The van der Waals surface area contributed by atoms with Crippen LogP contribution < -0.4 is 39.4 Å². The van der Waals surface area contributed by atoms with Gasteiger partial charge in [-0.3, -0.25) is 99.0 Å². The molecule has 0 spiro atoms. The van der Waals surface area contributed by atoms with E-state index in [0.717, 1.165) is 30.4 Å². The number of unbranched alkanes of at least 4 members (excludes halogenated alkanes) is 3. The summed E-state index contributed by atoms with van der Waals surface area (Å²) >= 11 is 0. The zero-order valence-corrected chi connectivity index (χ0v) is 78.0. The van der Waals surface area contributed by atoms with Crippen LogP contribution in [-0.2, 0) is 36.4 Å². The van der Waals surface area contributed by atoms with Gasteiger partial charge in [-0.25, -0.2) is 36.8 Å². The van der Waals surface area contributed by atoms with Crippen molar-refractivity contribution >= 4 is 143 Å². The highest BCUT2D eigenvalue weighted by Gasteiger charge is 2.34. The zero-order chi connectivity index (χ0) is 100. The molecule has 14 rings (SSSR count). The van der Waals surface area contributed by atoms with E-state index < -0.39 is 81.9 Å². The second-order valence-corrected chi connectivity index (χ2v) is 38.9. The van der Waals surface area contributed by atoms with Crippen LogP contribution in [0.4, 0.5) is 68.2 Å². The Morgan fingerprint density at radius 1 is 0.302 bits per heavy atom. The lowest BCUT2D eigenvalue weighted by molar-refractivity contribution is -0.385. The molecule has 0 saturated heterocycles. The summed E-state index contributed by atoms with van der Waals surface area (Å²) < 4.78 is 116. The van der Waals surface area contributed by atoms with Gasteiger partial charge in [0.1, 0.15) is 23.0 Å². The molecule has 0 saturated carbocycles. The van der Waals surface area contributed by atoms with Gasteiger partial charge < -0.3 is 39.4 Å². The van der Waals surface area contributed by atoms with Crippen LogP contribution >= 0.6 is 30.4 Å². The van der Waals surface area contributed by atoms with Gasteiger partial charge >= 0.3 is 53.1 Å². The van der Waals surface area contributed by atoms with Gasteiger partial charge in [0.15, 0.2) is 22.1 Å². The molecule has 0 bridgehead atoms. The standard InChI is InChI=1S/C23H30N5O8P.2C21H18N5O8P.C18H20N5O8P/c1-4-5-6-7-14-37(33,35-18-10-8-17(9-11-18)27(29)30)34-15-20(16(2)3)24-19-12-13-21(28(31)32)23-22(19)25-36-26-23;2*1-35(31,33-16-9-7-15(8-10-16)25(27)28)32-13-18(14-5-3-2-4-6-14)22-17-11-12-19(26(29)30)21-20(17)23-34-24-21;1-11(2)15(19-14-8-9-16(23(26)27)18-17(14)20-31-21-18)10-29-32(3,28)30-13-6-4-12(5-7-13)22(24)25/h8-13,16,20,24H,4-7,14-15H2,1-3H3;2*2-12,18,22H,13H2,1H3;4-9,11,15,19H,10H2,1-3H3/t20-,37?;;;/m0.../s1. The number of nitrogens with zero attached hydrogens (tertiary/aromatic N) is 16. The molecule has 10 aromatic carbocycles. The summed E-state index contributed by atoms with van der Waals surface area (Å²) in [5.41, 5.74) is 2.44. The van der Waals surface area contributed by atoms with Crippen LogP contribution in [0.2, 0.25) is 0 Å². The normalized spacial score (nSPS) is 13.8. The first-order chi connectivity index (χ1) is 66.2. The Morgan fingerprint density at radius 2 is 0.561 bits per heavy atom. The maximum Gasteiger partial charge on any atom is 0.379 e. The molecule has 0 amide bonds. The maximum absolute atomic E-state index is 13.7. The number of non-ortho nitro benzene ring substituents is 8. The lowest BCUT2D eigenvalue weighted by Crippen LogP contribution is -2.31. The monoisotopic (exact) mass is 2000 g/mol. The Balaban J connectivity index is 0.000000178. The summed E-state index contributed by atoms with van der Waals surface area (Å²) in [4.78, 5) is 83.7. The first-order valence-corrected chi connectivity index (χ1v) is 49.3. The van der Waals surface area contributed by atoms with E-state index in [0.29, 0.717) is 29.2 Å². The Labute approximate surface area is 784 Å². The third-order valence-electron chi connectivity index (χ3n) is 20.1. The van der Waals surface area contributed by atoms with Crippen LogP contribution in [0.5, 0.6) is 23.0 Å². The third-order valence-corrected chi connectivity index (χ3v) is 25.5. The Hall–Kier alpha value is -15.8. The molecule has 0 fully saturated rings. The van der Waals surface area contributed by atoms with E-state index in [2.05, 4.69) is 74.1 Å². The number of benzene rings is 10. The summed E-state index contributed by atoms with van der Waals surface area (Å²) in [6.45, 7) is 13.3. The number of rotatable bonds is 45. The first-order valence-electron chi connectivity index (χ1n) is 41.6. The molecule has 4 aromatic heterocycles. The molecule has 14 aromatic rings. The lowest BCUT2D eigenvalue weighted by Gasteiger charge is -2.26. The molecule has 730 valence electrons. The van der Waals surface area contributed by atoms with Crippen molar-refractivity contribution in [3.63, 3.8) is 0 Å². The fourth-order valence-electron chi connectivity index (χ4n) is 12.9. The summed E-state index contributed by atoms with van der Waals surface area (Å²) in [7, 11) is -14.4. The highest BCUT2D eigenvalue weighted by atomic mass is 31.2. The Kier molecular flexibility index (Phi) is 35.1. The van der Waals surface area contributed by atoms with Gasteiger partial charge in [0.05, 0.1) is 119 Å². The van der Waals surface area contributed by atoms with E-state index in [1.54, 1.807) is 0 Å². The van der Waals surface area contributed by atoms with Crippen LogP contribution in [0.1, 0.15) is 83.5 Å². The Bertz CT molecular complexity index is 6680. The zero-order valence-electron chi connectivity index (χ0n) is 74.5. The fourth-order valence-corrected chi connectivity index (χ4v) is 17.5. The smallest absolute Gasteiger partial charge is 0.379 e. The maximum atomic E-state index is 13.7. The number of nitrogens with one attached hydrogen (secondary N) is 4. The van der Waals surface area contributed by atoms with Gasteiger partial charge in [-0.05, 0) is 143 Å². The predicted octanol–water partition coefficient (Wildman–Crippen LogP) is 21.0. The van der Waals surface area contributed by atoms with Gasteiger partial charge in [0.25, 0.3) is 22.7 Å². The van der Waals surface area contributed by atoms with Crippen molar-refractivity contribution < 1.29 is 112 Å². The number of anilines is 4. The van der Waals surface area contributed by atoms with Crippen LogP contribution in [0.15, 0.2) is 225 Å². The second kappa shape index (κ2) is 47.1. The number of nitro benzene ring substituents is 8.